The lowest BCUT2D eigenvalue weighted by atomic mass is 10.1. The number of hydrogen-bond donors (Lipinski definition) is 1. The molecule has 1 aromatic rings. The van der Waals surface area contributed by atoms with Crippen LogP contribution in [0, 0.1) is 13.8 Å². The average Bonchev–Trinajstić information content (AvgIpc) is 2.72. The molecule has 1 heterocycles. The Labute approximate surface area is 121 Å². The molecule has 112 valence electrons. The molecule has 0 radical (unpaired) electrons. The summed E-state index contributed by atoms with van der Waals surface area (Å²) in [7, 11) is 0.0909. The monoisotopic (exact) mass is 298 g/mol. The second-order valence-electron chi connectivity index (χ2n) is 5.46. The number of methoxy groups -OCH3 is 1. The highest BCUT2D eigenvalue weighted by molar-refractivity contribution is 7.89. The van der Waals surface area contributed by atoms with Gasteiger partial charge in [-0.3, -0.25) is 0 Å². The molecule has 1 unspecified atom stereocenters. The number of likely N-dealkylation sites (tertiary alicyclic amines) is 1. The van der Waals surface area contributed by atoms with Crippen LogP contribution in [0.3, 0.4) is 0 Å². The number of ether oxygens (including phenoxy) is 1. The van der Waals surface area contributed by atoms with E-state index in [0.717, 1.165) is 19.5 Å². The molecule has 0 bridgehead atoms. The van der Waals surface area contributed by atoms with Crippen LogP contribution in [0.15, 0.2) is 17.0 Å². The van der Waals surface area contributed by atoms with Gasteiger partial charge in [-0.1, -0.05) is 0 Å². The SMILES string of the molecule is COc1cc(C)c(S(=O)(=O)NC2CCN(C)C2)c(C)c1. The molecule has 5 nitrogen and oxygen atoms in total. The average molecular weight is 298 g/mol. The Hall–Kier alpha value is -1.11. The molecule has 0 aliphatic carbocycles. The Balaban J connectivity index is 2.30. The zero-order valence-electron chi connectivity index (χ0n) is 12.4. The first-order valence-corrected chi connectivity index (χ1v) is 8.18. The van der Waals surface area contributed by atoms with Gasteiger partial charge in [0.2, 0.25) is 10.0 Å². The summed E-state index contributed by atoms with van der Waals surface area (Å²) in [5.41, 5.74) is 1.42. The van der Waals surface area contributed by atoms with Gasteiger partial charge in [0.1, 0.15) is 5.75 Å². The van der Waals surface area contributed by atoms with Crippen molar-refractivity contribution in [3.8, 4) is 5.75 Å². The van der Waals surface area contributed by atoms with Gasteiger partial charge in [0, 0.05) is 12.6 Å². The van der Waals surface area contributed by atoms with Crippen LogP contribution in [0.4, 0.5) is 0 Å². The molecular formula is C14H22N2O3S. The van der Waals surface area contributed by atoms with Crippen molar-refractivity contribution in [1.82, 2.24) is 9.62 Å². The number of nitrogens with zero attached hydrogens (tertiary/aromatic N) is 1. The lowest BCUT2D eigenvalue weighted by Crippen LogP contribution is -2.37. The van der Waals surface area contributed by atoms with Gasteiger partial charge in [0.25, 0.3) is 0 Å². The van der Waals surface area contributed by atoms with E-state index in [1.165, 1.54) is 0 Å². The van der Waals surface area contributed by atoms with Gasteiger partial charge in [0.15, 0.2) is 0 Å². The van der Waals surface area contributed by atoms with Gasteiger partial charge in [-0.25, -0.2) is 13.1 Å². The fourth-order valence-electron chi connectivity index (χ4n) is 2.76. The second kappa shape index (κ2) is 5.71. The van der Waals surface area contributed by atoms with Gasteiger partial charge in [-0.2, -0.15) is 0 Å². The molecule has 1 aliphatic rings. The van der Waals surface area contributed by atoms with Crippen LogP contribution in [0.1, 0.15) is 17.5 Å². The third kappa shape index (κ3) is 3.13. The summed E-state index contributed by atoms with van der Waals surface area (Å²) in [6.45, 7) is 5.27. The summed E-state index contributed by atoms with van der Waals surface area (Å²) >= 11 is 0. The zero-order chi connectivity index (χ0) is 14.9. The minimum absolute atomic E-state index is 0.00842. The number of nitrogens with one attached hydrogen (secondary N) is 1. The summed E-state index contributed by atoms with van der Waals surface area (Å²) in [6, 6.07) is 3.50. The Morgan fingerprint density at radius 3 is 2.35 bits per heavy atom. The Kier molecular flexibility index (Phi) is 4.36. The van der Waals surface area contributed by atoms with Crippen LogP contribution in [-0.4, -0.2) is 46.6 Å². The lowest BCUT2D eigenvalue weighted by molar-refractivity contribution is 0.407. The van der Waals surface area contributed by atoms with Gasteiger partial charge in [0.05, 0.1) is 12.0 Å². The quantitative estimate of drug-likeness (QED) is 0.910. The number of likely N-dealkylation sites (N-methyl/N-ethyl adjacent to an activating group) is 1. The predicted octanol–water partition coefficient (Wildman–Crippen LogP) is 1.29. The first kappa shape index (κ1) is 15.3. The summed E-state index contributed by atoms with van der Waals surface area (Å²) in [5.74, 6) is 0.680. The zero-order valence-corrected chi connectivity index (χ0v) is 13.3. The molecule has 0 amide bonds. The highest BCUT2D eigenvalue weighted by atomic mass is 32.2. The standard InChI is InChI=1S/C14H22N2O3S/c1-10-7-13(19-4)8-11(2)14(10)20(17,18)15-12-5-6-16(3)9-12/h7-8,12,15H,5-6,9H2,1-4H3. The van der Waals surface area contributed by atoms with Crippen molar-refractivity contribution in [3.05, 3.63) is 23.3 Å². The maximum absolute atomic E-state index is 12.6. The molecule has 1 aromatic carbocycles. The molecule has 0 spiro atoms. The van der Waals surface area contributed by atoms with E-state index in [9.17, 15) is 8.42 Å². The summed E-state index contributed by atoms with van der Waals surface area (Å²) in [6.07, 6.45) is 0.851. The van der Waals surface area contributed by atoms with Crippen LogP contribution in [-0.2, 0) is 10.0 Å². The minimum Gasteiger partial charge on any atom is -0.497 e. The van der Waals surface area contributed by atoms with Crippen molar-refractivity contribution in [2.45, 2.75) is 31.2 Å². The van der Waals surface area contributed by atoms with Gasteiger partial charge < -0.3 is 9.64 Å². The molecule has 2 rings (SSSR count). The maximum Gasteiger partial charge on any atom is 0.241 e. The van der Waals surface area contributed by atoms with E-state index in [2.05, 4.69) is 9.62 Å². The van der Waals surface area contributed by atoms with Crippen LogP contribution < -0.4 is 9.46 Å². The first-order valence-electron chi connectivity index (χ1n) is 6.69. The summed E-state index contributed by atoms with van der Waals surface area (Å²) in [5, 5.41) is 0. The summed E-state index contributed by atoms with van der Waals surface area (Å²) in [4.78, 5) is 2.49. The van der Waals surface area contributed by atoms with Crippen molar-refractivity contribution in [2.24, 2.45) is 0 Å². The number of sulfonamides is 1. The molecule has 1 saturated heterocycles. The number of aryl methyl sites for hydroxylation is 2. The van der Waals surface area contributed by atoms with E-state index in [1.54, 1.807) is 33.1 Å². The number of benzene rings is 1. The van der Waals surface area contributed by atoms with Gasteiger partial charge in [-0.05, 0) is 57.1 Å². The maximum atomic E-state index is 12.6. The molecule has 6 heteroatoms. The van der Waals surface area contributed by atoms with Crippen molar-refractivity contribution >= 4 is 10.0 Å². The normalized spacial score (nSPS) is 20.3. The highest BCUT2D eigenvalue weighted by Gasteiger charge is 2.27. The van der Waals surface area contributed by atoms with Crippen LogP contribution >= 0.6 is 0 Å². The summed E-state index contributed by atoms with van der Waals surface area (Å²) < 4.78 is 33.1. The fourth-order valence-corrected chi connectivity index (χ4v) is 4.48. The molecule has 1 N–H and O–H groups in total. The second-order valence-corrected chi connectivity index (χ2v) is 7.11. The van der Waals surface area contributed by atoms with Crippen LogP contribution in [0.25, 0.3) is 0 Å². The van der Waals surface area contributed by atoms with Crippen molar-refractivity contribution in [3.63, 3.8) is 0 Å². The molecule has 0 saturated carbocycles. The van der Waals surface area contributed by atoms with E-state index in [4.69, 9.17) is 4.74 Å². The molecule has 1 atom stereocenters. The molecule has 1 aliphatic heterocycles. The topological polar surface area (TPSA) is 58.6 Å². The Morgan fingerprint density at radius 1 is 1.30 bits per heavy atom. The highest BCUT2D eigenvalue weighted by Crippen LogP contribution is 2.26. The molecular weight excluding hydrogens is 276 g/mol. The Morgan fingerprint density at radius 2 is 1.90 bits per heavy atom. The lowest BCUT2D eigenvalue weighted by Gasteiger charge is -2.17. The smallest absolute Gasteiger partial charge is 0.241 e. The molecule has 1 fully saturated rings. The minimum atomic E-state index is -3.49. The third-order valence-corrected chi connectivity index (χ3v) is 5.48. The van der Waals surface area contributed by atoms with Gasteiger partial charge in [-0.15, -0.1) is 0 Å². The van der Waals surface area contributed by atoms with E-state index in [1.807, 2.05) is 7.05 Å². The third-order valence-electron chi connectivity index (χ3n) is 3.65. The fraction of sp³-hybridized carbons (Fsp3) is 0.571. The van der Waals surface area contributed by atoms with E-state index >= 15 is 0 Å². The molecule has 0 aromatic heterocycles. The van der Waals surface area contributed by atoms with E-state index < -0.39 is 10.0 Å². The van der Waals surface area contributed by atoms with Crippen molar-refractivity contribution in [1.29, 1.82) is 0 Å². The van der Waals surface area contributed by atoms with Gasteiger partial charge >= 0.3 is 0 Å². The van der Waals surface area contributed by atoms with E-state index in [0.29, 0.717) is 21.8 Å². The van der Waals surface area contributed by atoms with Crippen molar-refractivity contribution in [2.75, 3.05) is 27.2 Å². The number of hydrogen-bond acceptors (Lipinski definition) is 4. The van der Waals surface area contributed by atoms with Crippen LogP contribution in [0.2, 0.25) is 0 Å². The predicted molar refractivity (Wildman–Crippen MR) is 78.7 cm³/mol. The largest absolute Gasteiger partial charge is 0.497 e. The van der Waals surface area contributed by atoms with Crippen LogP contribution in [0.5, 0.6) is 5.75 Å². The number of rotatable bonds is 4. The van der Waals surface area contributed by atoms with Crippen molar-refractivity contribution < 1.29 is 13.2 Å². The first-order chi connectivity index (χ1) is 9.33. The van der Waals surface area contributed by atoms with E-state index in [-0.39, 0.29) is 6.04 Å². The molecule has 20 heavy (non-hydrogen) atoms. The Bertz CT molecular complexity index is 575.